The van der Waals surface area contributed by atoms with Gasteiger partial charge in [0, 0.05) is 42.5 Å². The standard InChI is InChI=1S/C54H76N6O14S2Si/c1-14-36-25-39(61)32-59(36)50(63)41-27-45(69-11)47(29-43(41)57-52(65)74-53(4,5)6)71-22-17-15-16-21-70-46-28-42(56-51(64)72-23-20-35(3)75-76-48-19-18-37(30-55-48)60(66)67)40(26-44(46)68-10)49(62)58-31-34(2)24-38(58)33-73-77(12,13)54(7,8)9/h18-19,26-30,35-36,38H,2,14-17,20-25,31-33H2,1,3-13H3,(H,56,64)(H,57,65)/t35-,36-,38+/m1/s1. The van der Waals surface area contributed by atoms with E-state index in [0.717, 1.165) is 5.57 Å². The monoisotopic (exact) mass is 1120 g/mol. The van der Waals surface area contributed by atoms with E-state index in [2.05, 4.69) is 56.1 Å². The van der Waals surface area contributed by atoms with Crippen LogP contribution >= 0.6 is 21.6 Å². The third kappa shape index (κ3) is 17.7. The average molecular weight is 1130 g/mol. The summed E-state index contributed by atoms with van der Waals surface area (Å²) in [6, 6.07) is 8.56. The zero-order valence-electron chi connectivity index (χ0n) is 46.5. The summed E-state index contributed by atoms with van der Waals surface area (Å²) in [5, 5.41) is 17.1. The molecule has 2 aromatic carbocycles. The van der Waals surface area contributed by atoms with E-state index in [1.807, 2.05) is 13.8 Å². The number of ketones is 1. The molecule has 0 radical (unpaired) electrons. The molecule has 1 aromatic heterocycles. The second kappa shape index (κ2) is 27.5. The molecule has 0 spiro atoms. The SMILES string of the molecule is C=C1C[C@@H](CO[Si](C)(C)C(C)(C)C)N(C(=O)c2cc(OC)c(OCCCCCOc3cc(NC(=O)OC(C)(C)C)c(C(=O)N4CC(=O)C[C@H]4CC)cc3OC)cc2NC(=O)OCC[C@@H](C)SSc2ccc([N+](=O)[O-])cn2)C1. The third-order valence-corrected chi connectivity index (χ3v) is 20.6. The maximum absolute atomic E-state index is 14.6. The number of likely N-dealkylation sites (tertiary alicyclic amines) is 2. The Morgan fingerprint density at radius 1 is 0.831 bits per heavy atom. The van der Waals surface area contributed by atoms with Crippen LogP contribution in [0, 0.1) is 10.1 Å². The number of Topliss-reactive ketones (excluding diaryl/α,β-unsaturated/α-hetero) is 1. The predicted octanol–water partition coefficient (Wildman–Crippen LogP) is 11.7. The van der Waals surface area contributed by atoms with Gasteiger partial charge in [0.05, 0.1) is 80.7 Å². The number of nitrogens with zero attached hydrogens (tertiary/aromatic N) is 4. The molecule has 2 aliphatic rings. The van der Waals surface area contributed by atoms with Crippen LogP contribution in [0.1, 0.15) is 121 Å². The minimum Gasteiger partial charge on any atom is -0.493 e. The molecule has 5 rings (SSSR count). The summed E-state index contributed by atoms with van der Waals surface area (Å²) >= 11 is 0. The van der Waals surface area contributed by atoms with E-state index in [1.54, 1.807) is 43.9 Å². The molecule has 422 valence electrons. The summed E-state index contributed by atoms with van der Waals surface area (Å²) in [6.45, 7) is 25.2. The quantitative estimate of drug-likeness (QED) is 0.0200. The molecule has 0 unspecified atom stereocenters. The Bertz CT molecular complexity index is 2610. The number of ether oxygens (including phenoxy) is 6. The van der Waals surface area contributed by atoms with E-state index in [0.29, 0.717) is 56.7 Å². The Morgan fingerprint density at radius 3 is 1.91 bits per heavy atom. The number of pyridine rings is 1. The van der Waals surface area contributed by atoms with Crippen molar-refractivity contribution >= 4 is 76.8 Å². The van der Waals surface area contributed by atoms with E-state index in [-0.39, 0.29) is 118 Å². The Kier molecular flexibility index (Phi) is 22.1. The topological polar surface area (TPSA) is 237 Å². The molecule has 3 aromatic rings. The number of nitrogens with one attached hydrogen (secondary N) is 2. The number of methoxy groups -OCH3 is 2. The lowest BCUT2D eigenvalue weighted by Gasteiger charge is -2.38. The van der Waals surface area contributed by atoms with Crippen LogP contribution in [0.5, 0.6) is 23.0 Å². The summed E-state index contributed by atoms with van der Waals surface area (Å²) in [5.41, 5.74) is 0.579. The molecule has 20 nitrogen and oxygen atoms in total. The minimum atomic E-state index is -2.17. The van der Waals surface area contributed by atoms with Crippen molar-refractivity contribution in [3.05, 3.63) is 76.0 Å². The zero-order chi connectivity index (χ0) is 56.8. The van der Waals surface area contributed by atoms with Gasteiger partial charge in [0.15, 0.2) is 37.1 Å². The maximum Gasteiger partial charge on any atom is 0.412 e. The van der Waals surface area contributed by atoms with Crippen molar-refractivity contribution in [3.63, 3.8) is 0 Å². The molecule has 0 bridgehead atoms. The van der Waals surface area contributed by atoms with E-state index >= 15 is 0 Å². The van der Waals surface area contributed by atoms with Crippen LogP contribution in [0.25, 0.3) is 0 Å². The highest BCUT2D eigenvalue weighted by molar-refractivity contribution is 8.76. The largest absolute Gasteiger partial charge is 0.493 e. The number of carbonyl (C=O) groups excluding carboxylic acids is 5. The molecule has 3 atom stereocenters. The highest BCUT2D eigenvalue weighted by Gasteiger charge is 2.41. The van der Waals surface area contributed by atoms with Crippen LogP contribution in [0.4, 0.5) is 26.7 Å². The van der Waals surface area contributed by atoms with E-state index in [1.165, 1.54) is 65.1 Å². The summed E-state index contributed by atoms with van der Waals surface area (Å²) in [6.07, 6.45) is 3.35. The fraction of sp³-hybridized carbons (Fsp3) is 0.556. The first-order valence-corrected chi connectivity index (χ1v) is 30.9. The van der Waals surface area contributed by atoms with Gasteiger partial charge in [-0.05, 0) is 106 Å². The second-order valence-corrected chi connectivity index (χ2v) is 29.0. The van der Waals surface area contributed by atoms with Crippen LogP contribution in [0.2, 0.25) is 18.1 Å². The first kappa shape index (κ1) is 61.8. The molecule has 23 heteroatoms. The number of hydrogen-bond donors (Lipinski definition) is 2. The lowest BCUT2D eigenvalue weighted by atomic mass is 10.1. The number of carbonyl (C=O) groups is 5. The number of unbranched alkanes of at least 4 members (excludes halogenated alkanes) is 2. The van der Waals surface area contributed by atoms with Gasteiger partial charge in [0.2, 0.25) is 0 Å². The highest BCUT2D eigenvalue weighted by atomic mass is 33.1. The zero-order valence-corrected chi connectivity index (χ0v) is 49.1. The summed E-state index contributed by atoms with van der Waals surface area (Å²) in [7, 11) is 3.60. The van der Waals surface area contributed by atoms with Crippen molar-refractivity contribution in [3.8, 4) is 23.0 Å². The van der Waals surface area contributed by atoms with Crippen molar-refractivity contribution in [1.29, 1.82) is 0 Å². The van der Waals surface area contributed by atoms with Gasteiger partial charge in [0.1, 0.15) is 16.8 Å². The Hall–Kier alpha value is -6.04. The molecule has 0 saturated carbocycles. The Morgan fingerprint density at radius 2 is 1.40 bits per heavy atom. The predicted molar refractivity (Wildman–Crippen MR) is 301 cm³/mol. The molecule has 0 aliphatic carbocycles. The highest BCUT2D eigenvalue weighted by Crippen LogP contribution is 2.41. The number of aromatic nitrogens is 1. The van der Waals surface area contributed by atoms with Crippen molar-refractivity contribution in [2.45, 2.75) is 146 Å². The molecule has 2 fully saturated rings. The number of rotatable bonds is 25. The number of anilines is 2. The van der Waals surface area contributed by atoms with Gasteiger partial charge in [-0.2, -0.15) is 0 Å². The molecular weight excluding hydrogens is 1050 g/mol. The van der Waals surface area contributed by atoms with Crippen LogP contribution < -0.4 is 29.6 Å². The van der Waals surface area contributed by atoms with Crippen LogP contribution in [0.3, 0.4) is 0 Å². The molecule has 77 heavy (non-hydrogen) atoms. The minimum absolute atomic E-state index is 0.0128. The number of benzene rings is 2. The van der Waals surface area contributed by atoms with Gasteiger partial charge < -0.3 is 42.6 Å². The fourth-order valence-electron chi connectivity index (χ4n) is 8.01. The third-order valence-electron chi connectivity index (χ3n) is 13.3. The average Bonchev–Trinajstić information content (AvgIpc) is 3.94. The van der Waals surface area contributed by atoms with E-state index in [9.17, 15) is 34.1 Å². The lowest BCUT2D eigenvalue weighted by Crippen LogP contribution is -2.46. The van der Waals surface area contributed by atoms with Gasteiger partial charge in [-0.3, -0.25) is 35.1 Å². The normalized spacial score (nSPS) is 16.2. The number of nitro groups is 1. The smallest absolute Gasteiger partial charge is 0.412 e. The van der Waals surface area contributed by atoms with Crippen LogP contribution in [-0.2, 0) is 18.7 Å². The molecule has 3 heterocycles. The van der Waals surface area contributed by atoms with Crippen molar-refractivity contribution in [2.24, 2.45) is 0 Å². The van der Waals surface area contributed by atoms with Crippen LogP contribution in [0.15, 0.2) is 59.8 Å². The van der Waals surface area contributed by atoms with Crippen molar-refractivity contribution in [2.75, 3.05) is 64.4 Å². The van der Waals surface area contributed by atoms with Crippen molar-refractivity contribution < 1.29 is 61.7 Å². The number of amides is 4. The van der Waals surface area contributed by atoms with E-state index < -0.39 is 36.9 Å². The van der Waals surface area contributed by atoms with E-state index in [4.69, 9.17) is 32.8 Å². The Balaban J connectivity index is 1.27. The lowest BCUT2D eigenvalue weighted by molar-refractivity contribution is -0.385. The summed E-state index contributed by atoms with van der Waals surface area (Å²) < 4.78 is 41.5. The first-order valence-electron chi connectivity index (χ1n) is 25.8. The van der Waals surface area contributed by atoms with Crippen LogP contribution in [-0.4, -0.2) is 134 Å². The second-order valence-electron chi connectivity index (χ2n) is 21.5. The summed E-state index contributed by atoms with van der Waals surface area (Å²) in [4.78, 5) is 85.3. The van der Waals surface area contributed by atoms with Gasteiger partial charge in [-0.25, -0.2) is 14.6 Å². The molecular formula is C54H76N6O14S2Si. The number of hydrogen-bond acceptors (Lipinski definition) is 17. The fourth-order valence-corrected chi connectivity index (χ4v) is 11.1. The van der Waals surface area contributed by atoms with Crippen molar-refractivity contribution in [1.82, 2.24) is 14.8 Å². The Labute approximate surface area is 461 Å². The first-order chi connectivity index (χ1) is 36.2. The molecule has 4 amide bonds. The molecule has 2 saturated heterocycles. The van der Waals surface area contributed by atoms with Gasteiger partial charge in [-0.15, -0.1) is 0 Å². The molecule has 2 N–H and O–H groups in total. The summed E-state index contributed by atoms with van der Waals surface area (Å²) in [5.74, 6) is 0.288. The van der Waals surface area contributed by atoms with Gasteiger partial charge in [0.25, 0.3) is 17.5 Å². The van der Waals surface area contributed by atoms with Gasteiger partial charge in [-0.1, -0.05) is 57.6 Å². The van der Waals surface area contributed by atoms with Gasteiger partial charge >= 0.3 is 12.2 Å². The molecule has 2 aliphatic heterocycles. The maximum atomic E-state index is 14.6.